The highest BCUT2D eigenvalue weighted by atomic mass is 35.5. The number of nitrogens with one attached hydrogen (secondary N) is 1. The first-order valence-corrected chi connectivity index (χ1v) is 7.88. The molecule has 1 amide bonds. The number of Topliss-reactive ketones (excluding diaryl/α,β-unsaturated/α-hetero) is 1. The largest absolute Gasteiger partial charge is 0.484 e. The average molecular weight is 350 g/mol. The van der Waals surface area contributed by atoms with Gasteiger partial charge in [0.05, 0.1) is 5.02 Å². The van der Waals surface area contributed by atoms with Crippen molar-refractivity contribution in [2.45, 2.75) is 19.8 Å². The maximum absolute atomic E-state index is 13.0. The van der Waals surface area contributed by atoms with E-state index in [9.17, 15) is 14.0 Å². The van der Waals surface area contributed by atoms with Gasteiger partial charge < -0.3 is 10.1 Å². The summed E-state index contributed by atoms with van der Waals surface area (Å²) in [7, 11) is 0. The Hall–Kier alpha value is -2.40. The number of halogens is 2. The summed E-state index contributed by atoms with van der Waals surface area (Å²) in [6.07, 6.45) is 1.22. The molecule has 126 valence electrons. The molecule has 1 N–H and O–H groups in total. The monoisotopic (exact) mass is 349 g/mol. The van der Waals surface area contributed by atoms with Gasteiger partial charge in [-0.1, -0.05) is 18.5 Å². The number of ketones is 1. The van der Waals surface area contributed by atoms with E-state index in [1.54, 1.807) is 24.3 Å². The zero-order valence-electron chi connectivity index (χ0n) is 13.1. The van der Waals surface area contributed by atoms with Crippen LogP contribution in [-0.4, -0.2) is 18.3 Å². The van der Waals surface area contributed by atoms with Crippen molar-refractivity contribution in [3.63, 3.8) is 0 Å². The van der Waals surface area contributed by atoms with Gasteiger partial charge in [0.1, 0.15) is 11.6 Å². The van der Waals surface area contributed by atoms with Crippen LogP contribution in [-0.2, 0) is 4.79 Å². The molecule has 4 nitrogen and oxygen atoms in total. The summed E-state index contributed by atoms with van der Waals surface area (Å²) < 4.78 is 18.3. The number of amides is 1. The van der Waals surface area contributed by atoms with Crippen LogP contribution in [0.2, 0.25) is 5.02 Å². The van der Waals surface area contributed by atoms with Crippen LogP contribution in [0, 0.1) is 5.82 Å². The molecule has 0 aromatic heterocycles. The molecule has 0 spiro atoms. The SMILES string of the molecule is CCCC(=O)Nc1ccc(C(=O)COc2ccc(F)cc2Cl)cc1. The lowest BCUT2D eigenvalue weighted by Gasteiger charge is -2.08. The van der Waals surface area contributed by atoms with Crippen LogP contribution in [0.5, 0.6) is 5.75 Å². The number of benzene rings is 2. The first kappa shape index (κ1) is 17.9. The molecule has 0 bridgehead atoms. The minimum absolute atomic E-state index is 0.0640. The predicted molar refractivity (Wildman–Crippen MR) is 91.2 cm³/mol. The van der Waals surface area contributed by atoms with Crippen molar-refractivity contribution >= 4 is 29.0 Å². The molecule has 0 saturated carbocycles. The average Bonchev–Trinajstić information content (AvgIpc) is 2.54. The maximum atomic E-state index is 13.0. The molecule has 2 rings (SSSR count). The predicted octanol–water partition coefficient (Wildman–Crippen LogP) is 4.48. The summed E-state index contributed by atoms with van der Waals surface area (Å²) in [6, 6.07) is 10.2. The lowest BCUT2D eigenvalue weighted by atomic mass is 10.1. The van der Waals surface area contributed by atoms with Crippen LogP contribution in [0.25, 0.3) is 0 Å². The number of carbonyl (C=O) groups excluding carboxylic acids is 2. The number of carbonyl (C=O) groups is 2. The summed E-state index contributed by atoms with van der Waals surface area (Å²) >= 11 is 5.84. The molecule has 6 heteroatoms. The van der Waals surface area contributed by atoms with Crippen LogP contribution in [0.4, 0.5) is 10.1 Å². The third kappa shape index (κ3) is 5.06. The molecular weight excluding hydrogens is 333 g/mol. The maximum Gasteiger partial charge on any atom is 0.224 e. The molecule has 0 aliphatic carbocycles. The van der Waals surface area contributed by atoms with Gasteiger partial charge in [-0.3, -0.25) is 9.59 Å². The third-order valence-electron chi connectivity index (χ3n) is 3.22. The molecule has 0 atom stereocenters. The molecule has 0 radical (unpaired) electrons. The van der Waals surface area contributed by atoms with Gasteiger partial charge in [-0.2, -0.15) is 0 Å². The minimum Gasteiger partial charge on any atom is -0.484 e. The zero-order valence-corrected chi connectivity index (χ0v) is 13.9. The Kier molecular flexibility index (Phi) is 6.32. The quantitative estimate of drug-likeness (QED) is 0.750. The van der Waals surface area contributed by atoms with Gasteiger partial charge in [0.15, 0.2) is 12.4 Å². The Labute approximate surface area is 144 Å². The molecule has 0 unspecified atom stereocenters. The Morgan fingerprint density at radius 3 is 2.50 bits per heavy atom. The fourth-order valence-electron chi connectivity index (χ4n) is 2.01. The normalized spacial score (nSPS) is 10.3. The summed E-state index contributed by atoms with van der Waals surface area (Å²) in [5.74, 6) is -0.540. The van der Waals surface area contributed by atoms with E-state index in [4.69, 9.17) is 16.3 Å². The molecule has 0 fully saturated rings. The minimum atomic E-state index is -0.473. The van der Waals surface area contributed by atoms with Crippen molar-refractivity contribution < 1.29 is 18.7 Å². The van der Waals surface area contributed by atoms with E-state index in [0.717, 1.165) is 12.5 Å². The number of hydrogen-bond donors (Lipinski definition) is 1. The number of anilines is 1. The Morgan fingerprint density at radius 2 is 1.88 bits per heavy atom. The van der Waals surface area contributed by atoms with Crippen molar-refractivity contribution in [2.24, 2.45) is 0 Å². The van der Waals surface area contributed by atoms with E-state index in [0.29, 0.717) is 17.7 Å². The first-order chi connectivity index (χ1) is 11.5. The lowest BCUT2D eigenvalue weighted by Crippen LogP contribution is -2.13. The summed E-state index contributed by atoms with van der Waals surface area (Å²) in [5.41, 5.74) is 1.08. The Morgan fingerprint density at radius 1 is 1.17 bits per heavy atom. The van der Waals surface area contributed by atoms with E-state index in [2.05, 4.69) is 5.32 Å². The molecule has 24 heavy (non-hydrogen) atoms. The van der Waals surface area contributed by atoms with Crippen LogP contribution >= 0.6 is 11.6 Å². The second-order valence-corrected chi connectivity index (χ2v) is 5.57. The summed E-state index contributed by atoms with van der Waals surface area (Å²) in [5, 5.41) is 2.85. The molecule has 2 aromatic carbocycles. The van der Waals surface area contributed by atoms with Crippen molar-refractivity contribution in [2.75, 3.05) is 11.9 Å². The van der Waals surface area contributed by atoms with Gasteiger partial charge in [0, 0.05) is 17.7 Å². The van der Waals surface area contributed by atoms with Crippen LogP contribution in [0.15, 0.2) is 42.5 Å². The van der Waals surface area contributed by atoms with Gasteiger partial charge in [-0.15, -0.1) is 0 Å². The van der Waals surface area contributed by atoms with Gasteiger partial charge >= 0.3 is 0 Å². The molecule has 2 aromatic rings. The third-order valence-corrected chi connectivity index (χ3v) is 3.52. The fraction of sp³-hybridized carbons (Fsp3) is 0.222. The zero-order chi connectivity index (χ0) is 17.5. The van der Waals surface area contributed by atoms with Gasteiger partial charge in [0.2, 0.25) is 5.91 Å². The van der Waals surface area contributed by atoms with Crippen LogP contribution in [0.1, 0.15) is 30.1 Å². The molecule has 0 aliphatic rings. The van der Waals surface area contributed by atoms with Gasteiger partial charge in [0.25, 0.3) is 0 Å². The van der Waals surface area contributed by atoms with Crippen molar-refractivity contribution in [1.82, 2.24) is 0 Å². The molecule has 0 saturated heterocycles. The van der Waals surface area contributed by atoms with Crippen molar-refractivity contribution in [3.8, 4) is 5.75 Å². The van der Waals surface area contributed by atoms with E-state index in [1.165, 1.54) is 12.1 Å². The van der Waals surface area contributed by atoms with E-state index >= 15 is 0 Å². The first-order valence-electron chi connectivity index (χ1n) is 7.50. The molecular formula is C18H17ClFNO3. The van der Waals surface area contributed by atoms with Crippen LogP contribution < -0.4 is 10.1 Å². The van der Waals surface area contributed by atoms with Gasteiger partial charge in [-0.25, -0.2) is 4.39 Å². The van der Waals surface area contributed by atoms with E-state index < -0.39 is 5.82 Å². The van der Waals surface area contributed by atoms with E-state index in [1.807, 2.05) is 6.92 Å². The van der Waals surface area contributed by atoms with Crippen molar-refractivity contribution in [1.29, 1.82) is 0 Å². The highest BCUT2D eigenvalue weighted by Crippen LogP contribution is 2.25. The van der Waals surface area contributed by atoms with Gasteiger partial charge in [-0.05, 0) is 48.9 Å². The number of hydrogen-bond acceptors (Lipinski definition) is 3. The lowest BCUT2D eigenvalue weighted by molar-refractivity contribution is -0.116. The Bertz CT molecular complexity index is 732. The summed E-state index contributed by atoms with van der Waals surface area (Å²) in [4.78, 5) is 23.6. The van der Waals surface area contributed by atoms with Crippen LogP contribution in [0.3, 0.4) is 0 Å². The van der Waals surface area contributed by atoms with Crippen molar-refractivity contribution in [3.05, 3.63) is 58.9 Å². The second kappa shape index (κ2) is 8.45. The Balaban J connectivity index is 1.93. The fourth-order valence-corrected chi connectivity index (χ4v) is 2.23. The van der Waals surface area contributed by atoms with E-state index in [-0.39, 0.29) is 29.1 Å². The number of rotatable bonds is 7. The standard InChI is InChI=1S/C18H17ClFNO3/c1-2-3-18(23)21-14-7-4-12(5-8-14)16(22)11-24-17-9-6-13(20)10-15(17)19/h4-10H,2-3,11H2,1H3,(H,21,23). The number of ether oxygens (including phenoxy) is 1. The highest BCUT2D eigenvalue weighted by molar-refractivity contribution is 6.32. The highest BCUT2D eigenvalue weighted by Gasteiger charge is 2.10. The molecule has 0 aliphatic heterocycles. The smallest absolute Gasteiger partial charge is 0.224 e. The summed E-state index contributed by atoms with van der Waals surface area (Å²) in [6.45, 7) is 1.71. The second-order valence-electron chi connectivity index (χ2n) is 5.16. The topological polar surface area (TPSA) is 55.4 Å². The molecule has 0 heterocycles.